The van der Waals surface area contributed by atoms with Crippen molar-refractivity contribution in [2.75, 3.05) is 0 Å². The lowest BCUT2D eigenvalue weighted by atomic mass is 9.87. The van der Waals surface area contributed by atoms with Crippen LogP contribution in [0.4, 0.5) is 22.0 Å². The van der Waals surface area contributed by atoms with E-state index < -0.39 is 29.0 Å². The van der Waals surface area contributed by atoms with Gasteiger partial charge in [0.2, 0.25) is 0 Å². The summed E-state index contributed by atoms with van der Waals surface area (Å²) in [5, 5.41) is -3.71. The molecule has 0 radical (unpaired) electrons. The molecule has 0 nitrogen and oxygen atoms in total. The van der Waals surface area contributed by atoms with Crippen LogP contribution in [0, 0.1) is 0 Å². The quantitative estimate of drug-likeness (QED) is 0.462. The maximum absolute atomic E-state index is 14.8. The first-order chi connectivity index (χ1) is 10.7. The summed E-state index contributed by atoms with van der Waals surface area (Å²) < 4.78 is 69.4. The van der Waals surface area contributed by atoms with Crippen LogP contribution in [-0.4, -0.2) is 11.8 Å². The highest BCUT2D eigenvalue weighted by atomic mass is 35.5. The van der Waals surface area contributed by atoms with Crippen LogP contribution < -0.4 is 0 Å². The Morgan fingerprint density at radius 1 is 0.739 bits per heavy atom. The van der Waals surface area contributed by atoms with E-state index in [2.05, 4.69) is 0 Å². The Labute approximate surface area is 135 Å². The molecule has 0 aromatic heterocycles. The van der Waals surface area contributed by atoms with Crippen LogP contribution in [0.5, 0.6) is 0 Å². The highest BCUT2D eigenvalue weighted by molar-refractivity contribution is 6.23. The third kappa shape index (κ3) is 3.50. The molecule has 23 heavy (non-hydrogen) atoms. The molecule has 0 N–H and O–H groups in total. The van der Waals surface area contributed by atoms with E-state index in [9.17, 15) is 22.0 Å². The molecule has 0 aliphatic carbocycles. The van der Waals surface area contributed by atoms with Gasteiger partial charge in [0.25, 0.3) is 10.8 Å². The number of rotatable bonds is 5. The van der Waals surface area contributed by atoms with E-state index in [0.29, 0.717) is 5.56 Å². The van der Waals surface area contributed by atoms with Crippen molar-refractivity contribution in [1.29, 1.82) is 0 Å². The van der Waals surface area contributed by atoms with Crippen molar-refractivity contribution in [1.82, 2.24) is 0 Å². The molecule has 0 amide bonds. The Bertz CT molecular complexity index is 624. The Morgan fingerprint density at radius 3 is 1.70 bits per heavy atom. The summed E-state index contributed by atoms with van der Waals surface area (Å²) in [4.78, 5) is 0. The van der Waals surface area contributed by atoms with Crippen LogP contribution in [0.1, 0.15) is 17.5 Å². The van der Waals surface area contributed by atoms with Gasteiger partial charge in [-0.1, -0.05) is 72.3 Å². The molecule has 124 valence electrons. The largest absolute Gasteiger partial charge is 0.427 e. The Morgan fingerprint density at radius 2 is 1.22 bits per heavy atom. The van der Waals surface area contributed by atoms with E-state index in [1.807, 2.05) is 0 Å². The van der Waals surface area contributed by atoms with Crippen LogP contribution >= 0.6 is 11.6 Å². The maximum Gasteiger partial charge on any atom is 0.427 e. The van der Waals surface area contributed by atoms with Gasteiger partial charge in [0, 0.05) is 5.56 Å². The van der Waals surface area contributed by atoms with Crippen LogP contribution in [0.15, 0.2) is 60.7 Å². The fraction of sp³-hybridized carbons (Fsp3) is 0.294. The average molecular weight is 349 g/mol. The third-order valence-electron chi connectivity index (χ3n) is 3.68. The van der Waals surface area contributed by atoms with Crippen LogP contribution in [0.25, 0.3) is 0 Å². The SMILES string of the molecule is FC(F)(F)C(F)(CCc1ccccc1)C(F)(Cl)c1ccccc1. The van der Waals surface area contributed by atoms with Gasteiger partial charge in [-0.05, 0) is 18.4 Å². The highest BCUT2D eigenvalue weighted by Gasteiger charge is 2.69. The lowest BCUT2D eigenvalue weighted by molar-refractivity contribution is -0.262. The molecule has 2 unspecified atom stereocenters. The molecule has 0 saturated carbocycles. The fourth-order valence-electron chi connectivity index (χ4n) is 2.31. The number of benzene rings is 2. The zero-order valence-corrected chi connectivity index (χ0v) is 12.7. The van der Waals surface area contributed by atoms with Crippen molar-refractivity contribution in [3.63, 3.8) is 0 Å². The van der Waals surface area contributed by atoms with E-state index in [0.717, 1.165) is 12.1 Å². The highest BCUT2D eigenvalue weighted by Crippen LogP contribution is 2.54. The molecule has 0 bridgehead atoms. The first-order valence-corrected chi connectivity index (χ1v) is 7.29. The monoisotopic (exact) mass is 348 g/mol. The summed E-state index contributed by atoms with van der Waals surface area (Å²) in [6.07, 6.45) is -6.86. The van der Waals surface area contributed by atoms with Crippen molar-refractivity contribution in [2.45, 2.75) is 29.8 Å². The predicted octanol–water partition coefficient (Wildman–Crippen LogP) is 5.95. The van der Waals surface area contributed by atoms with Gasteiger partial charge in [-0.15, -0.1) is 0 Å². The van der Waals surface area contributed by atoms with Gasteiger partial charge < -0.3 is 0 Å². The maximum atomic E-state index is 14.8. The molecule has 2 atom stereocenters. The molecule has 2 rings (SSSR count). The topological polar surface area (TPSA) is 0 Å². The Kier molecular flexibility index (Phi) is 4.99. The lowest BCUT2D eigenvalue weighted by Gasteiger charge is -2.36. The van der Waals surface area contributed by atoms with Gasteiger partial charge in [-0.25, -0.2) is 8.78 Å². The number of aryl methyl sites for hydroxylation is 1. The molecule has 0 spiro atoms. The van der Waals surface area contributed by atoms with Crippen molar-refractivity contribution < 1.29 is 22.0 Å². The molecule has 2 aromatic rings. The van der Waals surface area contributed by atoms with Gasteiger partial charge in [0.05, 0.1) is 0 Å². The van der Waals surface area contributed by atoms with E-state index in [1.54, 1.807) is 30.3 Å². The summed E-state index contributed by atoms with van der Waals surface area (Å²) in [6.45, 7) is 0. The second-order valence-electron chi connectivity index (χ2n) is 5.22. The second-order valence-corrected chi connectivity index (χ2v) is 5.75. The van der Waals surface area contributed by atoms with Crippen molar-refractivity contribution in [3.8, 4) is 0 Å². The first kappa shape index (κ1) is 17.7. The molecule has 0 fully saturated rings. The smallest absolute Gasteiger partial charge is 0.228 e. The summed E-state index contributed by atoms with van der Waals surface area (Å²) in [6, 6.07) is 14.2. The number of hydrogen-bond donors (Lipinski definition) is 0. The van der Waals surface area contributed by atoms with E-state index in [-0.39, 0.29) is 6.42 Å². The lowest BCUT2D eigenvalue weighted by Crippen LogP contribution is -2.53. The molecule has 2 aromatic carbocycles. The van der Waals surface area contributed by atoms with Gasteiger partial charge in [0.15, 0.2) is 0 Å². The number of hydrogen-bond acceptors (Lipinski definition) is 0. The van der Waals surface area contributed by atoms with Crippen molar-refractivity contribution >= 4 is 11.6 Å². The predicted molar refractivity (Wildman–Crippen MR) is 79.7 cm³/mol. The summed E-state index contributed by atoms with van der Waals surface area (Å²) in [7, 11) is 0. The third-order valence-corrected chi connectivity index (χ3v) is 4.20. The van der Waals surface area contributed by atoms with Crippen LogP contribution in [0.3, 0.4) is 0 Å². The first-order valence-electron chi connectivity index (χ1n) is 6.91. The van der Waals surface area contributed by atoms with Crippen molar-refractivity contribution in [3.05, 3.63) is 71.8 Å². The van der Waals surface area contributed by atoms with Crippen molar-refractivity contribution in [2.24, 2.45) is 0 Å². The molecule has 0 saturated heterocycles. The van der Waals surface area contributed by atoms with Crippen LogP contribution in [0.2, 0.25) is 0 Å². The second kappa shape index (κ2) is 6.48. The Balaban J connectivity index is 2.36. The molecular weight excluding hydrogens is 335 g/mol. The van der Waals surface area contributed by atoms with E-state index in [4.69, 9.17) is 11.6 Å². The normalized spacial score (nSPS) is 17.3. The molecule has 6 heteroatoms. The standard InChI is InChI=1S/C17H14ClF5/c18-16(20,14-9-5-2-6-10-14)15(19,17(21,22)23)12-11-13-7-3-1-4-8-13/h1-10H,11-12H2. The van der Waals surface area contributed by atoms with Gasteiger partial charge >= 0.3 is 6.18 Å². The average Bonchev–Trinajstić information content (AvgIpc) is 2.53. The van der Waals surface area contributed by atoms with E-state index in [1.165, 1.54) is 18.2 Å². The molecule has 0 heterocycles. The number of alkyl halides is 6. The minimum Gasteiger partial charge on any atom is -0.228 e. The summed E-state index contributed by atoms with van der Waals surface area (Å²) in [5.41, 5.74) is -4.30. The van der Waals surface area contributed by atoms with Gasteiger partial charge in [-0.3, -0.25) is 0 Å². The summed E-state index contributed by atoms with van der Waals surface area (Å²) in [5.74, 6) is 0. The fourth-order valence-corrected chi connectivity index (χ4v) is 2.64. The van der Waals surface area contributed by atoms with Gasteiger partial charge in [0.1, 0.15) is 0 Å². The minimum absolute atomic E-state index is 0.290. The molecular formula is C17H14ClF5. The zero-order valence-electron chi connectivity index (χ0n) is 12.0. The Hall–Kier alpha value is -1.62. The number of halogens is 6. The molecule has 0 aliphatic heterocycles. The van der Waals surface area contributed by atoms with Crippen LogP contribution in [-0.2, 0) is 11.5 Å². The van der Waals surface area contributed by atoms with Gasteiger partial charge in [-0.2, -0.15) is 13.2 Å². The zero-order chi connectivity index (χ0) is 17.1. The summed E-state index contributed by atoms with van der Waals surface area (Å²) >= 11 is 5.46. The van der Waals surface area contributed by atoms with E-state index >= 15 is 0 Å². The minimum atomic E-state index is -5.45. The molecule has 0 aliphatic rings.